The molecular weight excluding hydrogens is 326 g/mol. The van der Waals surface area contributed by atoms with Gasteiger partial charge in [-0.15, -0.1) is 0 Å². The van der Waals surface area contributed by atoms with Gasteiger partial charge in [0.2, 0.25) is 0 Å². The highest BCUT2D eigenvalue weighted by atomic mass is 16.2. The molecule has 3 rings (SSSR count). The molecule has 0 saturated heterocycles. The summed E-state index contributed by atoms with van der Waals surface area (Å²) in [6, 6.07) is 15.0. The Labute approximate surface area is 152 Å². The maximum atomic E-state index is 12.0. The lowest BCUT2D eigenvalue weighted by Gasteiger charge is -2.08. The molecule has 1 aromatic carbocycles. The number of nitrogens with zero attached hydrogens (tertiary/aromatic N) is 3. The number of benzene rings is 1. The highest BCUT2D eigenvalue weighted by Crippen LogP contribution is 2.18. The van der Waals surface area contributed by atoms with Crippen LogP contribution in [0.5, 0.6) is 0 Å². The number of hydrogen-bond donors (Lipinski definition) is 2. The lowest BCUT2D eigenvalue weighted by Crippen LogP contribution is -2.24. The molecule has 26 heavy (non-hydrogen) atoms. The number of nitrogens with one attached hydrogen (secondary N) is 2. The summed E-state index contributed by atoms with van der Waals surface area (Å²) in [6.07, 6.45) is 3.40. The summed E-state index contributed by atoms with van der Waals surface area (Å²) in [5.41, 5.74) is 7.22. The second-order valence-corrected chi connectivity index (χ2v) is 5.99. The molecular formula is C20H21N5O. The first-order chi connectivity index (χ1) is 12.6. The molecule has 0 saturated carbocycles. The van der Waals surface area contributed by atoms with Crippen LogP contribution in [0.25, 0.3) is 5.82 Å². The lowest BCUT2D eigenvalue weighted by atomic mass is 10.2. The van der Waals surface area contributed by atoms with E-state index in [1.165, 1.54) is 0 Å². The van der Waals surface area contributed by atoms with Gasteiger partial charge in [0.25, 0.3) is 0 Å². The van der Waals surface area contributed by atoms with E-state index < -0.39 is 0 Å². The van der Waals surface area contributed by atoms with Crippen LogP contribution < -0.4 is 10.7 Å². The highest BCUT2D eigenvalue weighted by molar-refractivity contribution is 5.91. The summed E-state index contributed by atoms with van der Waals surface area (Å²) in [4.78, 5) is 16.4. The average molecular weight is 347 g/mol. The second kappa shape index (κ2) is 7.65. The third kappa shape index (κ3) is 3.80. The molecule has 132 valence electrons. The number of hydrogen-bond acceptors (Lipinski definition) is 3. The number of urea groups is 1. The first-order valence-electron chi connectivity index (χ1n) is 8.32. The molecule has 0 aliphatic heterocycles. The predicted molar refractivity (Wildman–Crippen MR) is 104 cm³/mol. The van der Waals surface area contributed by atoms with Gasteiger partial charge in [0.1, 0.15) is 5.82 Å². The Morgan fingerprint density at radius 1 is 1.12 bits per heavy atom. The third-order valence-electron chi connectivity index (χ3n) is 4.11. The number of aromatic nitrogens is 2. The minimum atomic E-state index is -0.380. The van der Waals surface area contributed by atoms with E-state index in [1.54, 1.807) is 12.4 Å². The van der Waals surface area contributed by atoms with Crippen molar-refractivity contribution in [3.8, 4) is 5.82 Å². The van der Waals surface area contributed by atoms with Crippen LogP contribution >= 0.6 is 0 Å². The van der Waals surface area contributed by atoms with Gasteiger partial charge in [0.05, 0.1) is 6.21 Å². The number of hydrazone groups is 1. The van der Waals surface area contributed by atoms with Gasteiger partial charge in [-0.25, -0.2) is 15.2 Å². The molecule has 0 atom stereocenters. The average Bonchev–Trinajstić information content (AvgIpc) is 2.91. The Morgan fingerprint density at radius 2 is 1.88 bits per heavy atom. The molecule has 0 unspecified atom stereocenters. The first-order valence-corrected chi connectivity index (χ1v) is 8.32. The topological polar surface area (TPSA) is 71.3 Å². The number of para-hydroxylation sites is 1. The van der Waals surface area contributed by atoms with Crippen molar-refractivity contribution in [1.29, 1.82) is 0 Å². The molecule has 6 nitrogen and oxygen atoms in total. The largest absolute Gasteiger partial charge is 0.339 e. The maximum absolute atomic E-state index is 12.0. The van der Waals surface area contributed by atoms with E-state index in [2.05, 4.69) is 25.4 Å². The summed E-state index contributed by atoms with van der Waals surface area (Å²) in [5.74, 6) is 0.854. The first kappa shape index (κ1) is 17.4. The van der Waals surface area contributed by atoms with E-state index in [0.29, 0.717) is 0 Å². The highest BCUT2D eigenvalue weighted by Gasteiger charge is 2.10. The van der Waals surface area contributed by atoms with Gasteiger partial charge in [-0.2, -0.15) is 5.10 Å². The number of pyridine rings is 1. The molecule has 2 aromatic heterocycles. The molecule has 2 N–H and O–H groups in total. The van der Waals surface area contributed by atoms with Crippen molar-refractivity contribution in [2.45, 2.75) is 20.8 Å². The van der Waals surface area contributed by atoms with Gasteiger partial charge in [-0.05, 0) is 50.6 Å². The molecule has 6 heteroatoms. The van der Waals surface area contributed by atoms with E-state index >= 15 is 0 Å². The maximum Gasteiger partial charge on any atom is 0.339 e. The van der Waals surface area contributed by atoms with Gasteiger partial charge in [-0.3, -0.25) is 0 Å². The molecule has 0 radical (unpaired) electrons. The van der Waals surface area contributed by atoms with Gasteiger partial charge in [0, 0.05) is 28.8 Å². The third-order valence-corrected chi connectivity index (χ3v) is 4.11. The summed E-state index contributed by atoms with van der Waals surface area (Å²) in [6.45, 7) is 5.94. The monoisotopic (exact) mass is 347 g/mol. The van der Waals surface area contributed by atoms with Crippen LogP contribution in [0.2, 0.25) is 0 Å². The number of anilines is 1. The van der Waals surface area contributed by atoms with E-state index in [4.69, 9.17) is 0 Å². The smallest absolute Gasteiger partial charge is 0.306 e. The van der Waals surface area contributed by atoms with Crippen molar-refractivity contribution >= 4 is 17.9 Å². The van der Waals surface area contributed by atoms with Crippen LogP contribution in [0.1, 0.15) is 22.5 Å². The Balaban J connectivity index is 1.70. The summed E-state index contributed by atoms with van der Waals surface area (Å²) in [7, 11) is 0. The van der Waals surface area contributed by atoms with Crippen LogP contribution in [0.4, 0.5) is 10.5 Å². The van der Waals surface area contributed by atoms with Crippen molar-refractivity contribution in [3.63, 3.8) is 0 Å². The Bertz CT molecular complexity index is 944. The summed E-state index contributed by atoms with van der Waals surface area (Å²) >= 11 is 0. The van der Waals surface area contributed by atoms with Crippen LogP contribution in [-0.2, 0) is 0 Å². The normalized spacial score (nSPS) is 10.9. The van der Waals surface area contributed by atoms with Crippen molar-refractivity contribution in [2.75, 3.05) is 5.32 Å². The fraction of sp³-hybridized carbons (Fsp3) is 0.150. The van der Waals surface area contributed by atoms with Gasteiger partial charge in [0.15, 0.2) is 0 Å². The molecule has 0 aliphatic rings. The van der Waals surface area contributed by atoms with E-state index in [-0.39, 0.29) is 6.03 Å². The number of amides is 2. The Kier molecular flexibility index (Phi) is 5.12. The SMILES string of the molecule is Cc1ccccc1NC(=O)NN=Cc1cc(C)n(-c2ccccn2)c1C. The zero-order valence-electron chi connectivity index (χ0n) is 15.0. The van der Waals surface area contributed by atoms with Gasteiger partial charge >= 0.3 is 6.03 Å². The van der Waals surface area contributed by atoms with Crippen molar-refractivity contribution in [2.24, 2.45) is 5.10 Å². The summed E-state index contributed by atoms with van der Waals surface area (Å²) < 4.78 is 2.05. The molecule has 0 bridgehead atoms. The minimum Gasteiger partial charge on any atom is -0.306 e. The molecule has 2 amide bonds. The predicted octanol–water partition coefficient (Wildman–Crippen LogP) is 3.95. The zero-order chi connectivity index (χ0) is 18.5. The Morgan fingerprint density at radius 3 is 2.62 bits per heavy atom. The standard InChI is InChI=1S/C20H21N5O/c1-14-8-4-5-9-18(14)23-20(26)24-22-13-17-12-15(2)25(16(17)3)19-10-6-7-11-21-19/h4-13H,1-3H3,(H2,23,24,26). The second-order valence-electron chi connectivity index (χ2n) is 5.99. The van der Waals surface area contributed by atoms with Crippen molar-refractivity contribution in [3.05, 3.63) is 77.2 Å². The van der Waals surface area contributed by atoms with Crippen LogP contribution in [0, 0.1) is 20.8 Å². The fourth-order valence-corrected chi connectivity index (χ4v) is 2.78. The van der Waals surface area contributed by atoms with E-state index in [0.717, 1.165) is 34.0 Å². The molecule has 0 spiro atoms. The fourth-order valence-electron chi connectivity index (χ4n) is 2.78. The van der Waals surface area contributed by atoms with Crippen LogP contribution in [0.15, 0.2) is 59.8 Å². The van der Waals surface area contributed by atoms with Gasteiger partial charge in [-0.1, -0.05) is 24.3 Å². The van der Waals surface area contributed by atoms with E-state index in [1.807, 2.05) is 69.3 Å². The number of rotatable bonds is 4. The lowest BCUT2D eigenvalue weighted by molar-refractivity contribution is 0.252. The number of carbonyl (C=O) groups excluding carboxylic acids is 1. The van der Waals surface area contributed by atoms with Crippen molar-refractivity contribution in [1.82, 2.24) is 15.0 Å². The number of aryl methyl sites for hydroxylation is 2. The molecule has 3 aromatic rings. The molecule has 0 fully saturated rings. The van der Waals surface area contributed by atoms with Crippen LogP contribution in [-0.4, -0.2) is 21.8 Å². The summed E-state index contributed by atoms with van der Waals surface area (Å²) in [5, 5.41) is 6.83. The van der Waals surface area contributed by atoms with Gasteiger partial charge < -0.3 is 9.88 Å². The molecule has 2 heterocycles. The minimum absolute atomic E-state index is 0.380. The number of carbonyl (C=O) groups is 1. The van der Waals surface area contributed by atoms with Crippen LogP contribution in [0.3, 0.4) is 0 Å². The zero-order valence-corrected chi connectivity index (χ0v) is 15.0. The molecule has 0 aliphatic carbocycles. The van der Waals surface area contributed by atoms with Crippen molar-refractivity contribution < 1.29 is 4.79 Å². The Hall–Kier alpha value is -3.41. The van der Waals surface area contributed by atoms with E-state index in [9.17, 15) is 4.79 Å². The quantitative estimate of drug-likeness (QED) is 0.554.